The van der Waals surface area contributed by atoms with E-state index in [0.29, 0.717) is 25.8 Å². The number of carbonyl (C=O) groups excluding carboxylic acids is 4. The number of unbranched alkanes of at least 4 members (excludes halogenated alkanes) is 4. The van der Waals surface area contributed by atoms with E-state index in [0.717, 1.165) is 6.42 Å². The lowest BCUT2D eigenvalue weighted by Gasteiger charge is -2.28. The molecule has 31 heavy (non-hydrogen) atoms. The van der Waals surface area contributed by atoms with Crippen LogP contribution in [-0.2, 0) is 19.2 Å². The summed E-state index contributed by atoms with van der Waals surface area (Å²) >= 11 is 4.07. The maximum atomic E-state index is 12.1. The fourth-order valence-electron chi connectivity index (χ4n) is 3.28. The summed E-state index contributed by atoms with van der Waals surface area (Å²) in [6.45, 7) is 12.5. The topological polar surface area (TPSA) is 101 Å². The average Bonchev–Trinajstić information content (AvgIpc) is 2.95. The van der Waals surface area contributed by atoms with Crippen molar-refractivity contribution in [3.8, 4) is 0 Å². The lowest BCUT2D eigenvalue weighted by atomic mass is 10.0. The van der Waals surface area contributed by atoms with Gasteiger partial charge in [-0.3, -0.25) is 24.1 Å². The summed E-state index contributed by atoms with van der Waals surface area (Å²) in [6, 6.07) is -0.607. The molecule has 0 spiro atoms. The highest BCUT2D eigenvalue weighted by atomic mass is 32.1. The molecule has 1 heterocycles. The van der Waals surface area contributed by atoms with Crippen LogP contribution in [0.3, 0.4) is 0 Å². The highest BCUT2D eigenvalue weighted by Crippen LogP contribution is 2.19. The molecule has 1 aliphatic rings. The Hall–Kier alpha value is -1.57. The molecule has 4 amide bonds. The first-order chi connectivity index (χ1) is 14.6. The Morgan fingerprint density at radius 3 is 2.00 bits per heavy atom. The molecule has 0 aromatic heterocycles. The molecule has 0 bridgehead atoms. The van der Waals surface area contributed by atoms with Crippen molar-refractivity contribution in [2.24, 2.45) is 11.7 Å². The lowest BCUT2D eigenvalue weighted by Crippen LogP contribution is -2.48. The first kappa shape index (κ1) is 31.6. The van der Waals surface area contributed by atoms with Crippen LogP contribution in [-0.4, -0.2) is 58.3 Å². The monoisotopic (exact) mass is 459 g/mol. The number of amides is 4. The van der Waals surface area contributed by atoms with Crippen LogP contribution in [0.15, 0.2) is 0 Å². The second-order valence-corrected chi connectivity index (χ2v) is 8.49. The van der Waals surface area contributed by atoms with Gasteiger partial charge in [0, 0.05) is 26.4 Å². The minimum atomic E-state index is -0.607. The fourth-order valence-corrected chi connectivity index (χ4v) is 3.57. The molecule has 1 aliphatic heterocycles. The highest BCUT2D eigenvalue weighted by molar-refractivity contribution is 7.81. The quantitative estimate of drug-likeness (QED) is 0.279. The Morgan fingerprint density at radius 2 is 1.65 bits per heavy atom. The van der Waals surface area contributed by atoms with Crippen molar-refractivity contribution in [1.82, 2.24) is 9.80 Å². The van der Waals surface area contributed by atoms with Crippen LogP contribution in [0.1, 0.15) is 92.9 Å². The van der Waals surface area contributed by atoms with E-state index in [1.165, 1.54) is 29.1 Å². The SMILES string of the molecule is CC.CC(C)C(C(N)=O)N(C)C(=O)CCCCCN1C(=O)CC(S)C1=O.CCCCC. The smallest absolute Gasteiger partial charge is 0.242 e. The molecule has 2 unspecified atom stereocenters. The second-order valence-electron chi connectivity index (χ2n) is 7.86. The van der Waals surface area contributed by atoms with Crippen molar-refractivity contribution >= 4 is 36.3 Å². The number of imide groups is 1. The van der Waals surface area contributed by atoms with Gasteiger partial charge in [-0.2, -0.15) is 12.6 Å². The minimum Gasteiger partial charge on any atom is -0.368 e. The molecule has 1 rings (SSSR count). The molecule has 182 valence electrons. The van der Waals surface area contributed by atoms with Gasteiger partial charge in [0.25, 0.3) is 0 Å². The largest absolute Gasteiger partial charge is 0.368 e. The first-order valence-corrected chi connectivity index (χ1v) is 12.2. The van der Waals surface area contributed by atoms with Crippen LogP contribution >= 0.6 is 12.6 Å². The van der Waals surface area contributed by atoms with Crippen molar-refractivity contribution in [2.45, 2.75) is 104 Å². The Balaban J connectivity index is 0. The predicted octanol–water partition coefficient (Wildman–Crippen LogP) is 3.80. The zero-order valence-corrected chi connectivity index (χ0v) is 21.5. The molecule has 0 aliphatic carbocycles. The third-order valence-electron chi connectivity index (χ3n) is 4.93. The van der Waals surface area contributed by atoms with Gasteiger partial charge in [0.1, 0.15) is 6.04 Å². The predicted molar refractivity (Wildman–Crippen MR) is 130 cm³/mol. The molecule has 0 aromatic carbocycles. The molecular formula is C23H45N3O4S. The van der Waals surface area contributed by atoms with E-state index < -0.39 is 17.2 Å². The molecule has 0 aromatic rings. The van der Waals surface area contributed by atoms with E-state index in [4.69, 9.17) is 5.73 Å². The first-order valence-electron chi connectivity index (χ1n) is 11.7. The molecule has 2 N–H and O–H groups in total. The average molecular weight is 460 g/mol. The second kappa shape index (κ2) is 18.0. The van der Waals surface area contributed by atoms with Crippen LogP contribution in [0, 0.1) is 5.92 Å². The Bertz CT molecular complexity index is 553. The summed E-state index contributed by atoms with van der Waals surface area (Å²) in [5.74, 6) is -1.10. The number of likely N-dealkylation sites (tertiary alicyclic amines) is 1. The van der Waals surface area contributed by atoms with Crippen LogP contribution < -0.4 is 5.73 Å². The van der Waals surface area contributed by atoms with E-state index in [9.17, 15) is 19.2 Å². The standard InChI is InChI=1S/C16H27N3O4S.C5H12.C2H6/c1-10(2)14(15(17)22)18(3)12(20)7-5-4-6-8-19-13(21)9-11(24)16(19)23;1-3-5-4-2;1-2/h10-11,14,24H,4-9H2,1-3H3,(H2,17,22);3-5H2,1-2H3;1-2H3. The Labute approximate surface area is 194 Å². The van der Waals surface area contributed by atoms with Crippen LogP contribution in [0.25, 0.3) is 0 Å². The van der Waals surface area contributed by atoms with Crippen molar-refractivity contribution in [3.05, 3.63) is 0 Å². The summed E-state index contributed by atoms with van der Waals surface area (Å²) in [4.78, 5) is 49.6. The highest BCUT2D eigenvalue weighted by Gasteiger charge is 2.35. The van der Waals surface area contributed by atoms with Gasteiger partial charge in [0.05, 0.1) is 5.25 Å². The van der Waals surface area contributed by atoms with Crippen molar-refractivity contribution in [2.75, 3.05) is 13.6 Å². The van der Waals surface area contributed by atoms with E-state index >= 15 is 0 Å². The summed E-state index contributed by atoms with van der Waals surface area (Å²) in [5, 5.41) is -0.519. The van der Waals surface area contributed by atoms with E-state index in [-0.39, 0.29) is 30.1 Å². The van der Waals surface area contributed by atoms with Gasteiger partial charge in [0.2, 0.25) is 23.6 Å². The summed E-state index contributed by atoms with van der Waals surface area (Å²) in [6.07, 6.45) is 6.55. The number of likely N-dealkylation sites (N-methyl/N-ethyl adjacent to an activating group) is 1. The Morgan fingerprint density at radius 1 is 1.10 bits per heavy atom. The summed E-state index contributed by atoms with van der Waals surface area (Å²) in [5.41, 5.74) is 5.35. The van der Waals surface area contributed by atoms with Crippen molar-refractivity contribution in [3.63, 3.8) is 0 Å². The number of carbonyl (C=O) groups is 4. The third kappa shape index (κ3) is 12.1. The Kier molecular flexibility index (Phi) is 18.4. The van der Waals surface area contributed by atoms with E-state index in [1.54, 1.807) is 7.05 Å². The van der Waals surface area contributed by atoms with Crippen molar-refractivity contribution in [1.29, 1.82) is 0 Å². The van der Waals surface area contributed by atoms with Gasteiger partial charge >= 0.3 is 0 Å². The van der Waals surface area contributed by atoms with Gasteiger partial charge in [-0.1, -0.05) is 67.2 Å². The number of hydrogen-bond donors (Lipinski definition) is 2. The molecule has 7 nitrogen and oxygen atoms in total. The number of hydrogen-bond acceptors (Lipinski definition) is 5. The number of rotatable bonds is 11. The minimum absolute atomic E-state index is 0.0437. The molecular weight excluding hydrogens is 414 g/mol. The number of nitrogens with zero attached hydrogens (tertiary/aromatic N) is 2. The molecule has 0 saturated carbocycles. The summed E-state index contributed by atoms with van der Waals surface area (Å²) < 4.78 is 0. The van der Waals surface area contributed by atoms with Gasteiger partial charge in [0.15, 0.2) is 0 Å². The number of thiol groups is 1. The van der Waals surface area contributed by atoms with E-state index in [1.807, 2.05) is 27.7 Å². The molecule has 2 atom stereocenters. The lowest BCUT2D eigenvalue weighted by molar-refractivity contribution is -0.139. The fraction of sp³-hybridized carbons (Fsp3) is 0.826. The van der Waals surface area contributed by atoms with Gasteiger partial charge < -0.3 is 10.6 Å². The third-order valence-corrected chi connectivity index (χ3v) is 5.34. The maximum absolute atomic E-state index is 12.1. The van der Waals surface area contributed by atoms with Crippen LogP contribution in [0.2, 0.25) is 0 Å². The normalized spacial score (nSPS) is 16.3. The molecule has 1 saturated heterocycles. The maximum Gasteiger partial charge on any atom is 0.242 e. The molecule has 8 heteroatoms. The number of nitrogens with two attached hydrogens (primary N) is 1. The summed E-state index contributed by atoms with van der Waals surface area (Å²) in [7, 11) is 1.59. The molecule has 0 radical (unpaired) electrons. The van der Waals surface area contributed by atoms with Crippen LogP contribution in [0.4, 0.5) is 0 Å². The van der Waals surface area contributed by atoms with Gasteiger partial charge in [-0.25, -0.2) is 0 Å². The van der Waals surface area contributed by atoms with Gasteiger partial charge in [-0.15, -0.1) is 0 Å². The van der Waals surface area contributed by atoms with Gasteiger partial charge in [-0.05, 0) is 18.8 Å². The number of primary amides is 1. The van der Waals surface area contributed by atoms with Crippen molar-refractivity contribution < 1.29 is 19.2 Å². The zero-order valence-electron chi connectivity index (χ0n) is 20.6. The van der Waals surface area contributed by atoms with Crippen LogP contribution in [0.5, 0.6) is 0 Å². The zero-order chi connectivity index (χ0) is 24.6. The van der Waals surface area contributed by atoms with E-state index in [2.05, 4.69) is 26.5 Å². The molecule has 1 fully saturated rings.